The molecule has 4 aromatic carbocycles. The molecule has 0 N–H and O–H groups in total. The van der Waals surface area contributed by atoms with Crippen LogP contribution in [-0.2, 0) is 7.05 Å². The molecule has 29 heavy (non-hydrogen) atoms. The van der Waals surface area contributed by atoms with Crippen LogP contribution in [0.25, 0.3) is 10.9 Å². The SMILES string of the molecule is Cn1cc([Si](c2ccccc2)(c2ccccc2)c2ccccc2)c2ccccc21. The van der Waals surface area contributed by atoms with Gasteiger partial charge in [-0.25, -0.2) is 0 Å². The first kappa shape index (κ1) is 17.7. The van der Waals surface area contributed by atoms with Crippen LogP contribution in [-0.4, -0.2) is 12.6 Å². The van der Waals surface area contributed by atoms with Gasteiger partial charge in [0.05, 0.1) is 0 Å². The molecule has 0 atom stereocenters. The first-order valence-electron chi connectivity index (χ1n) is 10.0. The van der Waals surface area contributed by atoms with Crippen LogP contribution in [0.4, 0.5) is 0 Å². The summed E-state index contributed by atoms with van der Waals surface area (Å²) < 4.78 is 2.28. The summed E-state index contributed by atoms with van der Waals surface area (Å²) in [6, 6.07) is 42.1. The summed E-state index contributed by atoms with van der Waals surface area (Å²) in [5, 5.41) is 7.02. The van der Waals surface area contributed by atoms with Gasteiger partial charge in [0.15, 0.2) is 8.07 Å². The lowest BCUT2D eigenvalue weighted by molar-refractivity contribution is 0.972. The lowest BCUT2D eigenvalue weighted by atomic mass is 10.2. The van der Waals surface area contributed by atoms with E-state index in [9.17, 15) is 0 Å². The van der Waals surface area contributed by atoms with Crippen molar-refractivity contribution in [3.63, 3.8) is 0 Å². The van der Waals surface area contributed by atoms with Gasteiger partial charge in [0.25, 0.3) is 0 Å². The van der Waals surface area contributed by atoms with Gasteiger partial charge in [-0.05, 0) is 32.2 Å². The van der Waals surface area contributed by atoms with Gasteiger partial charge in [-0.15, -0.1) is 0 Å². The molecule has 5 aromatic rings. The summed E-state index contributed by atoms with van der Waals surface area (Å²) in [4.78, 5) is 0. The minimum absolute atomic E-state index is 1.28. The maximum absolute atomic E-state index is 2.46. The normalized spacial score (nSPS) is 11.6. The van der Waals surface area contributed by atoms with Crippen LogP contribution in [0.3, 0.4) is 0 Å². The van der Waals surface area contributed by atoms with Gasteiger partial charge in [0.2, 0.25) is 0 Å². The summed E-state index contributed by atoms with van der Waals surface area (Å²) in [7, 11) is -0.306. The molecule has 140 valence electrons. The average molecular weight is 390 g/mol. The molecule has 0 fully saturated rings. The zero-order valence-corrected chi connectivity index (χ0v) is 17.5. The second-order valence-corrected chi connectivity index (χ2v) is 11.3. The zero-order valence-electron chi connectivity index (χ0n) is 16.5. The van der Waals surface area contributed by atoms with E-state index in [4.69, 9.17) is 0 Å². The fourth-order valence-corrected chi connectivity index (χ4v) is 9.68. The van der Waals surface area contributed by atoms with Crippen molar-refractivity contribution < 1.29 is 0 Å². The van der Waals surface area contributed by atoms with E-state index in [1.54, 1.807) is 0 Å². The van der Waals surface area contributed by atoms with Crippen LogP contribution < -0.4 is 20.7 Å². The van der Waals surface area contributed by atoms with Crippen molar-refractivity contribution in [3.8, 4) is 0 Å². The van der Waals surface area contributed by atoms with E-state index in [0.29, 0.717) is 0 Å². The van der Waals surface area contributed by atoms with Crippen molar-refractivity contribution in [1.82, 2.24) is 4.57 Å². The van der Waals surface area contributed by atoms with Crippen molar-refractivity contribution in [2.75, 3.05) is 0 Å². The van der Waals surface area contributed by atoms with Crippen molar-refractivity contribution in [1.29, 1.82) is 0 Å². The molecule has 0 radical (unpaired) electrons. The molecule has 0 aliphatic carbocycles. The van der Waals surface area contributed by atoms with E-state index in [-0.39, 0.29) is 0 Å². The Hall–Kier alpha value is -3.36. The van der Waals surface area contributed by atoms with Gasteiger partial charge < -0.3 is 4.57 Å². The van der Waals surface area contributed by atoms with Gasteiger partial charge in [-0.2, -0.15) is 0 Å². The highest BCUT2D eigenvalue weighted by atomic mass is 28.3. The van der Waals surface area contributed by atoms with Crippen LogP contribution >= 0.6 is 0 Å². The molecule has 0 unspecified atom stereocenters. The van der Waals surface area contributed by atoms with Crippen LogP contribution in [0.2, 0.25) is 0 Å². The van der Waals surface area contributed by atoms with E-state index in [1.807, 2.05) is 0 Å². The Morgan fingerprint density at radius 3 is 1.41 bits per heavy atom. The molecule has 1 nitrogen and oxygen atoms in total. The number of hydrogen-bond donors (Lipinski definition) is 0. The Morgan fingerprint density at radius 2 is 0.931 bits per heavy atom. The van der Waals surface area contributed by atoms with Crippen LogP contribution in [0.15, 0.2) is 121 Å². The summed E-state index contributed by atoms with van der Waals surface area (Å²) in [5.74, 6) is 0. The molecule has 0 aliphatic heterocycles. The van der Waals surface area contributed by atoms with E-state index in [1.165, 1.54) is 31.6 Å². The number of hydrogen-bond acceptors (Lipinski definition) is 0. The molecular formula is C27H23NSi. The summed E-state index contributed by atoms with van der Waals surface area (Å²) >= 11 is 0. The number of nitrogens with zero attached hydrogens (tertiary/aromatic N) is 1. The fraction of sp³-hybridized carbons (Fsp3) is 0.0370. The highest BCUT2D eigenvalue weighted by Crippen LogP contribution is 2.18. The average Bonchev–Trinajstić information content (AvgIpc) is 3.14. The molecule has 0 amide bonds. The number of benzene rings is 4. The van der Waals surface area contributed by atoms with Crippen LogP contribution in [0, 0.1) is 0 Å². The molecule has 0 saturated carbocycles. The first-order chi connectivity index (χ1) is 14.3. The van der Waals surface area contributed by atoms with Gasteiger partial charge in [-0.1, -0.05) is 109 Å². The fourth-order valence-electron chi connectivity index (χ4n) is 4.67. The lowest BCUT2D eigenvalue weighted by Gasteiger charge is -2.33. The minimum Gasteiger partial charge on any atom is -0.351 e. The van der Waals surface area contributed by atoms with Crippen molar-refractivity contribution >= 4 is 39.7 Å². The van der Waals surface area contributed by atoms with Gasteiger partial charge in [0, 0.05) is 18.8 Å². The molecule has 0 saturated heterocycles. The molecule has 0 spiro atoms. The van der Waals surface area contributed by atoms with Gasteiger partial charge >= 0.3 is 0 Å². The Balaban J connectivity index is 1.99. The molecule has 0 bridgehead atoms. The lowest BCUT2D eigenvalue weighted by Crippen LogP contribution is -2.74. The molecule has 1 aromatic heterocycles. The number of aromatic nitrogens is 1. The van der Waals surface area contributed by atoms with Crippen LogP contribution in [0.5, 0.6) is 0 Å². The minimum atomic E-state index is -2.46. The molecule has 1 heterocycles. The number of aryl methyl sites for hydroxylation is 1. The molecule has 5 rings (SSSR count). The predicted octanol–water partition coefficient (Wildman–Crippen LogP) is 3.56. The van der Waals surface area contributed by atoms with Crippen molar-refractivity contribution in [3.05, 3.63) is 121 Å². The van der Waals surface area contributed by atoms with E-state index >= 15 is 0 Å². The first-order valence-corrected chi connectivity index (χ1v) is 12.0. The Labute approximate surface area is 172 Å². The monoisotopic (exact) mass is 389 g/mol. The molecule has 0 aliphatic rings. The molecule has 2 heteroatoms. The highest BCUT2D eigenvalue weighted by molar-refractivity contribution is 7.20. The zero-order chi connectivity index (χ0) is 19.7. The standard InChI is InChI=1S/C27H23NSi/c1-28-21-27(25-19-11-12-20-26(25)28)29(22-13-5-2-6-14-22,23-15-7-3-8-16-23)24-17-9-4-10-18-24/h2-21H,1H3. The van der Waals surface area contributed by atoms with E-state index in [2.05, 4.69) is 133 Å². The summed E-state index contributed by atoms with van der Waals surface area (Å²) in [6.45, 7) is 0. The molecular weight excluding hydrogens is 366 g/mol. The Morgan fingerprint density at radius 1 is 0.517 bits per heavy atom. The van der Waals surface area contributed by atoms with Gasteiger partial charge in [-0.3, -0.25) is 0 Å². The number of rotatable bonds is 4. The third kappa shape index (κ3) is 2.76. The largest absolute Gasteiger partial charge is 0.351 e. The van der Waals surface area contributed by atoms with Gasteiger partial charge in [0.1, 0.15) is 0 Å². The third-order valence-electron chi connectivity index (χ3n) is 5.92. The number of para-hydroxylation sites is 1. The quantitative estimate of drug-likeness (QED) is 0.327. The van der Waals surface area contributed by atoms with E-state index in [0.717, 1.165) is 0 Å². The predicted molar refractivity (Wildman–Crippen MR) is 127 cm³/mol. The van der Waals surface area contributed by atoms with Crippen LogP contribution in [0.1, 0.15) is 0 Å². The third-order valence-corrected chi connectivity index (χ3v) is 10.7. The van der Waals surface area contributed by atoms with Crippen molar-refractivity contribution in [2.24, 2.45) is 7.05 Å². The topological polar surface area (TPSA) is 4.93 Å². The van der Waals surface area contributed by atoms with Crippen molar-refractivity contribution in [2.45, 2.75) is 0 Å². The second kappa shape index (κ2) is 7.23. The Bertz CT molecular complexity index is 1140. The van der Waals surface area contributed by atoms with E-state index < -0.39 is 8.07 Å². The Kier molecular flexibility index (Phi) is 4.42. The highest BCUT2D eigenvalue weighted by Gasteiger charge is 2.43. The summed E-state index contributed by atoms with van der Waals surface area (Å²) in [5.41, 5.74) is 1.28. The maximum Gasteiger partial charge on any atom is 0.181 e. The second-order valence-electron chi connectivity index (χ2n) is 7.52. The number of fused-ring (bicyclic) bond motifs is 1. The smallest absolute Gasteiger partial charge is 0.181 e. The maximum atomic E-state index is 2.36. The summed E-state index contributed by atoms with van der Waals surface area (Å²) in [6.07, 6.45) is 2.36.